The highest BCUT2D eigenvalue weighted by Gasteiger charge is 2.33. The van der Waals surface area contributed by atoms with Crippen LogP contribution in [0.5, 0.6) is 0 Å². The molecule has 2 amide bonds. The zero-order chi connectivity index (χ0) is 21.1. The summed E-state index contributed by atoms with van der Waals surface area (Å²) < 4.78 is 29.6. The van der Waals surface area contributed by atoms with E-state index < -0.39 is 35.3 Å². The SMILES string of the molecule is COC(=O)NC[C@H]1CN(c2ccc([B-]OC(C)(C)C(C)(C)O)c(F)c2)C(=O)O1. The van der Waals surface area contributed by atoms with Crippen molar-refractivity contribution in [3.8, 4) is 0 Å². The molecule has 1 aliphatic heterocycles. The molecular weight excluding hydrogens is 370 g/mol. The van der Waals surface area contributed by atoms with Gasteiger partial charge in [0.05, 0.1) is 31.6 Å². The van der Waals surface area contributed by atoms with Crippen LogP contribution in [0.4, 0.5) is 19.7 Å². The average molecular weight is 395 g/mol. The molecule has 28 heavy (non-hydrogen) atoms. The van der Waals surface area contributed by atoms with Crippen LogP contribution in [0.25, 0.3) is 0 Å². The third-order valence-corrected chi connectivity index (χ3v) is 4.78. The number of rotatable bonds is 7. The molecule has 1 saturated heterocycles. The maximum Gasteiger partial charge on any atom is 0.414 e. The fourth-order valence-corrected chi connectivity index (χ4v) is 2.24. The van der Waals surface area contributed by atoms with E-state index in [1.54, 1.807) is 33.8 Å². The van der Waals surface area contributed by atoms with Crippen LogP contribution in [-0.4, -0.2) is 62.3 Å². The van der Waals surface area contributed by atoms with E-state index in [1.807, 2.05) is 0 Å². The fraction of sp³-hybridized carbons (Fsp3) is 0.556. The van der Waals surface area contributed by atoms with E-state index in [0.29, 0.717) is 5.69 Å². The highest BCUT2D eigenvalue weighted by Crippen LogP contribution is 2.25. The molecule has 0 aromatic heterocycles. The van der Waals surface area contributed by atoms with Gasteiger partial charge >= 0.3 is 12.2 Å². The number of methoxy groups -OCH3 is 1. The van der Waals surface area contributed by atoms with Crippen molar-refractivity contribution >= 4 is 30.8 Å². The fourth-order valence-electron chi connectivity index (χ4n) is 2.24. The summed E-state index contributed by atoms with van der Waals surface area (Å²) in [6.07, 6.45) is -1.83. The summed E-state index contributed by atoms with van der Waals surface area (Å²) >= 11 is 0. The molecule has 1 aromatic rings. The highest BCUT2D eigenvalue weighted by molar-refractivity contribution is 6.47. The summed E-state index contributed by atoms with van der Waals surface area (Å²) in [7, 11) is 2.47. The van der Waals surface area contributed by atoms with Crippen LogP contribution >= 0.6 is 0 Å². The molecule has 2 rings (SSSR count). The van der Waals surface area contributed by atoms with E-state index >= 15 is 0 Å². The minimum atomic E-state index is -1.13. The molecule has 0 unspecified atom stereocenters. The van der Waals surface area contributed by atoms with Gasteiger partial charge in [-0.2, -0.15) is 0 Å². The van der Waals surface area contributed by atoms with E-state index in [-0.39, 0.29) is 18.6 Å². The molecule has 1 heterocycles. The number of cyclic esters (lactones) is 1. The number of amides is 2. The average Bonchev–Trinajstić information content (AvgIpc) is 2.98. The molecule has 1 aliphatic rings. The lowest BCUT2D eigenvalue weighted by molar-refractivity contribution is -0.0893. The predicted molar refractivity (Wildman–Crippen MR) is 101 cm³/mol. The Bertz CT molecular complexity index is 737. The van der Waals surface area contributed by atoms with Gasteiger partial charge in [-0.3, -0.25) is 4.90 Å². The summed E-state index contributed by atoms with van der Waals surface area (Å²) in [6.45, 7) is 6.84. The first-order valence-electron chi connectivity index (χ1n) is 8.77. The molecule has 154 valence electrons. The van der Waals surface area contributed by atoms with Gasteiger partial charge in [-0.1, -0.05) is 6.07 Å². The van der Waals surface area contributed by atoms with Crippen molar-refractivity contribution in [2.75, 3.05) is 25.1 Å². The number of hydrogen-bond acceptors (Lipinski definition) is 6. The number of hydrogen-bond donors (Lipinski definition) is 2. The van der Waals surface area contributed by atoms with Crippen LogP contribution in [-0.2, 0) is 14.1 Å². The topological polar surface area (TPSA) is 97.3 Å². The van der Waals surface area contributed by atoms with Crippen LogP contribution in [0.1, 0.15) is 27.7 Å². The van der Waals surface area contributed by atoms with Gasteiger partial charge in [-0.25, -0.2) is 19.4 Å². The third-order valence-electron chi connectivity index (χ3n) is 4.78. The van der Waals surface area contributed by atoms with Crippen molar-refractivity contribution in [2.45, 2.75) is 45.0 Å². The monoisotopic (exact) mass is 395 g/mol. The molecule has 10 heteroatoms. The lowest BCUT2D eigenvalue weighted by atomic mass is 9.82. The summed E-state index contributed by atoms with van der Waals surface area (Å²) in [4.78, 5) is 24.4. The van der Waals surface area contributed by atoms with Gasteiger partial charge in [0.2, 0.25) is 0 Å². The maximum absolute atomic E-state index is 14.5. The second kappa shape index (κ2) is 8.36. The largest absolute Gasteiger partial charge is 0.649 e. The smallest absolute Gasteiger partial charge is 0.414 e. The predicted octanol–water partition coefficient (Wildman–Crippen LogP) is 1.32. The van der Waals surface area contributed by atoms with Crippen molar-refractivity contribution in [1.29, 1.82) is 0 Å². The zero-order valence-electron chi connectivity index (χ0n) is 16.6. The van der Waals surface area contributed by atoms with Crippen LogP contribution in [0.15, 0.2) is 18.2 Å². The summed E-state index contributed by atoms with van der Waals surface area (Å²) in [5, 5.41) is 12.5. The maximum atomic E-state index is 14.5. The molecule has 2 N–H and O–H groups in total. The van der Waals surface area contributed by atoms with Gasteiger partial charge < -0.3 is 24.6 Å². The number of ether oxygens (including phenoxy) is 2. The van der Waals surface area contributed by atoms with E-state index in [4.69, 9.17) is 9.39 Å². The quantitative estimate of drug-likeness (QED) is 0.676. The lowest BCUT2D eigenvalue weighted by Gasteiger charge is -2.45. The summed E-state index contributed by atoms with van der Waals surface area (Å²) in [5.41, 5.74) is -1.57. The molecule has 0 spiro atoms. The molecule has 1 fully saturated rings. The Morgan fingerprint density at radius 2 is 2.11 bits per heavy atom. The number of aliphatic hydroxyl groups is 1. The Kier molecular flexibility index (Phi) is 6.56. The number of benzene rings is 1. The molecule has 2 radical (unpaired) electrons. The van der Waals surface area contributed by atoms with Gasteiger partial charge in [0.1, 0.15) is 6.10 Å². The van der Waals surface area contributed by atoms with Crippen molar-refractivity contribution in [2.24, 2.45) is 0 Å². The Hall–Kier alpha value is -2.33. The highest BCUT2D eigenvalue weighted by atomic mass is 19.1. The van der Waals surface area contributed by atoms with Gasteiger partial charge in [0.15, 0.2) is 0 Å². The van der Waals surface area contributed by atoms with Gasteiger partial charge in [-0.05, 0) is 39.8 Å². The Labute approximate surface area is 164 Å². The van der Waals surface area contributed by atoms with E-state index in [2.05, 4.69) is 10.1 Å². The zero-order valence-corrected chi connectivity index (χ0v) is 16.6. The molecular formula is C18H25BFN2O6-. The van der Waals surface area contributed by atoms with Gasteiger partial charge in [0.25, 0.3) is 0 Å². The first-order valence-corrected chi connectivity index (χ1v) is 8.77. The molecule has 1 aromatic carbocycles. The normalized spacial score (nSPS) is 17.5. The van der Waals surface area contributed by atoms with Crippen molar-refractivity contribution in [1.82, 2.24) is 5.32 Å². The van der Waals surface area contributed by atoms with E-state index in [1.165, 1.54) is 31.6 Å². The minimum Gasteiger partial charge on any atom is -0.649 e. The first-order chi connectivity index (χ1) is 12.9. The van der Waals surface area contributed by atoms with Crippen molar-refractivity contribution in [3.05, 3.63) is 24.0 Å². The Balaban J connectivity index is 2.02. The lowest BCUT2D eigenvalue weighted by Crippen LogP contribution is -2.49. The first kappa shape index (κ1) is 22.0. The number of alkyl carbamates (subject to hydrolysis) is 1. The molecule has 0 bridgehead atoms. The number of halogens is 1. The van der Waals surface area contributed by atoms with Crippen LogP contribution in [0.3, 0.4) is 0 Å². The number of nitrogens with one attached hydrogen (secondary N) is 1. The molecule has 8 nitrogen and oxygen atoms in total. The second-order valence-electron chi connectivity index (χ2n) is 7.50. The van der Waals surface area contributed by atoms with Gasteiger partial charge in [0, 0.05) is 11.3 Å². The Morgan fingerprint density at radius 1 is 1.43 bits per heavy atom. The molecule has 0 saturated carbocycles. The van der Waals surface area contributed by atoms with E-state index in [9.17, 15) is 19.1 Å². The van der Waals surface area contributed by atoms with Crippen LogP contribution < -0.4 is 15.7 Å². The van der Waals surface area contributed by atoms with Gasteiger partial charge in [-0.15, -0.1) is 7.48 Å². The summed E-state index contributed by atoms with van der Waals surface area (Å²) in [6, 6.07) is 4.23. The molecule has 1 atom stereocenters. The van der Waals surface area contributed by atoms with Crippen LogP contribution in [0.2, 0.25) is 0 Å². The molecule has 0 aliphatic carbocycles. The Morgan fingerprint density at radius 3 is 2.68 bits per heavy atom. The standard InChI is InChI=1S/C18H25BFN2O6/c1-17(2,25)18(3,4)28-19-13-7-6-11(8-14(13)20)22-10-12(27-16(22)24)9-21-15(23)26-5/h6-8,12,25H,9-10H2,1-5H3,(H,21,23)/q-1/t12-/m0/s1. The number of nitrogens with zero attached hydrogens (tertiary/aromatic N) is 1. The summed E-state index contributed by atoms with van der Waals surface area (Å²) in [5.74, 6) is -0.590. The van der Waals surface area contributed by atoms with Crippen molar-refractivity contribution in [3.63, 3.8) is 0 Å². The number of carbonyl (C=O) groups is 2. The van der Waals surface area contributed by atoms with Crippen LogP contribution in [0, 0.1) is 5.82 Å². The third kappa shape index (κ3) is 5.14. The van der Waals surface area contributed by atoms with Crippen molar-refractivity contribution < 1.29 is 33.2 Å². The van der Waals surface area contributed by atoms with E-state index in [0.717, 1.165) is 0 Å². The number of anilines is 1. The second-order valence-corrected chi connectivity index (χ2v) is 7.50. The number of carbonyl (C=O) groups excluding carboxylic acids is 2. The minimum absolute atomic E-state index is 0.0864.